The Bertz CT molecular complexity index is 1190. The van der Waals surface area contributed by atoms with Gasteiger partial charge in [-0.05, 0) is 56.6 Å². The Balaban J connectivity index is 1.60. The number of benzene rings is 2. The second kappa shape index (κ2) is 13.9. The van der Waals surface area contributed by atoms with E-state index in [1.807, 2.05) is 33.0 Å². The molecule has 0 saturated heterocycles. The highest BCUT2D eigenvalue weighted by Gasteiger charge is 2.34. The van der Waals surface area contributed by atoms with Crippen molar-refractivity contribution in [2.45, 2.75) is 70.7 Å². The lowest BCUT2D eigenvalue weighted by molar-refractivity contribution is 0.0343. The SMILES string of the molecule is C[C@@H]1CN([C@H](C)CO)C(=O)c2cccc(NC(=O)NC3CCCCC3)c2O[C@@H]1CN(C)Cc1ccc(Cl)c(Cl)c1. The zero-order valence-electron chi connectivity index (χ0n) is 23.5. The first kappa shape index (κ1) is 30.4. The van der Waals surface area contributed by atoms with Gasteiger partial charge < -0.3 is 25.4 Å². The van der Waals surface area contributed by atoms with E-state index >= 15 is 0 Å². The molecule has 3 N–H and O–H groups in total. The summed E-state index contributed by atoms with van der Waals surface area (Å²) in [6.07, 6.45) is 5.04. The van der Waals surface area contributed by atoms with E-state index in [2.05, 4.69) is 15.5 Å². The molecule has 1 heterocycles. The summed E-state index contributed by atoms with van der Waals surface area (Å²) in [7, 11) is 2.00. The van der Waals surface area contributed by atoms with Gasteiger partial charge in [0.2, 0.25) is 0 Å². The molecule has 1 fully saturated rings. The van der Waals surface area contributed by atoms with Gasteiger partial charge in [-0.15, -0.1) is 0 Å². The first-order chi connectivity index (χ1) is 19.2. The highest BCUT2D eigenvalue weighted by molar-refractivity contribution is 6.42. The Labute approximate surface area is 247 Å². The molecule has 10 heteroatoms. The minimum absolute atomic E-state index is 0.0634. The molecule has 0 radical (unpaired) electrons. The number of aliphatic hydroxyl groups excluding tert-OH is 1. The van der Waals surface area contributed by atoms with Gasteiger partial charge in [0.25, 0.3) is 5.91 Å². The second-order valence-corrected chi connectivity index (χ2v) is 12.0. The van der Waals surface area contributed by atoms with E-state index in [9.17, 15) is 14.7 Å². The molecule has 3 atom stereocenters. The van der Waals surface area contributed by atoms with Crippen LogP contribution in [0.2, 0.25) is 10.0 Å². The van der Waals surface area contributed by atoms with Gasteiger partial charge in [0.1, 0.15) is 6.10 Å². The lowest BCUT2D eigenvalue weighted by Gasteiger charge is -2.38. The summed E-state index contributed by atoms with van der Waals surface area (Å²) in [5.74, 6) is 0.0507. The molecule has 0 spiro atoms. The number of rotatable bonds is 8. The average molecular weight is 592 g/mol. The summed E-state index contributed by atoms with van der Waals surface area (Å²) in [5.41, 5.74) is 1.82. The number of nitrogens with one attached hydrogen (secondary N) is 2. The Morgan fingerprint density at radius 1 is 1.18 bits per heavy atom. The van der Waals surface area contributed by atoms with Crippen molar-refractivity contribution in [3.63, 3.8) is 0 Å². The van der Waals surface area contributed by atoms with Crippen molar-refractivity contribution < 1.29 is 19.4 Å². The van der Waals surface area contributed by atoms with Gasteiger partial charge in [-0.3, -0.25) is 9.69 Å². The van der Waals surface area contributed by atoms with Gasteiger partial charge in [0.05, 0.1) is 33.9 Å². The van der Waals surface area contributed by atoms with Gasteiger partial charge in [0.15, 0.2) is 5.75 Å². The first-order valence-electron chi connectivity index (χ1n) is 14.1. The van der Waals surface area contributed by atoms with Crippen LogP contribution in [0, 0.1) is 5.92 Å². The molecule has 3 amide bonds. The summed E-state index contributed by atoms with van der Waals surface area (Å²) in [4.78, 5) is 30.5. The zero-order valence-corrected chi connectivity index (χ0v) is 25.0. The normalized spacial score (nSPS) is 20.8. The van der Waals surface area contributed by atoms with Crippen LogP contribution in [0.5, 0.6) is 5.75 Å². The fraction of sp³-hybridized carbons (Fsp3) is 0.533. The van der Waals surface area contributed by atoms with Gasteiger partial charge in [-0.1, -0.05) is 61.5 Å². The predicted molar refractivity (Wildman–Crippen MR) is 159 cm³/mol. The molecule has 1 saturated carbocycles. The number of halogens is 2. The molecule has 8 nitrogen and oxygen atoms in total. The quantitative estimate of drug-likeness (QED) is 0.361. The highest BCUT2D eigenvalue weighted by Crippen LogP contribution is 2.35. The van der Waals surface area contributed by atoms with Crippen LogP contribution in [-0.4, -0.2) is 71.8 Å². The number of anilines is 1. The monoisotopic (exact) mass is 590 g/mol. The number of hydrogen-bond donors (Lipinski definition) is 3. The van der Waals surface area contributed by atoms with Crippen LogP contribution >= 0.6 is 23.2 Å². The molecule has 2 aromatic carbocycles. The predicted octanol–water partition coefficient (Wildman–Crippen LogP) is 5.80. The van der Waals surface area contributed by atoms with Crippen molar-refractivity contribution in [1.82, 2.24) is 15.1 Å². The number of carbonyl (C=O) groups excluding carboxylic acids is 2. The largest absolute Gasteiger partial charge is 0.486 e. The molecule has 0 aromatic heterocycles. The van der Waals surface area contributed by atoms with Crippen molar-refractivity contribution in [2.24, 2.45) is 5.92 Å². The van der Waals surface area contributed by atoms with Crippen molar-refractivity contribution >= 4 is 40.8 Å². The lowest BCUT2D eigenvalue weighted by Crippen LogP contribution is -2.50. The number of para-hydroxylation sites is 1. The van der Waals surface area contributed by atoms with Crippen LogP contribution in [0.3, 0.4) is 0 Å². The summed E-state index contributed by atoms with van der Waals surface area (Å²) in [6.45, 7) is 5.31. The van der Waals surface area contributed by atoms with E-state index in [4.69, 9.17) is 27.9 Å². The maximum Gasteiger partial charge on any atom is 0.319 e. The van der Waals surface area contributed by atoms with Crippen LogP contribution in [0.25, 0.3) is 0 Å². The summed E-state index contributed by atoms with van der Waals surface area (Å²) < 4.78 is 6.61. The number of hydrogen-bond acceptors (Lipinski definition) is 5. The molecular weight excluding hydrogens is 551 g/mol. The number of urea groups is 1. The summed E-state index contributed by atoms with van der Waals surface area (Å²) in [6, 6.07) is 10.3. The minimum atomic E-state index is -0.373. The molecule has 0 unspecified atom stereocenters. The number of carbonyl (C=O) groups is 2. The molecular formula is C30H40Cl2N4O4. The molecule has 2 aliphatic rings. The van der Waals surface area contributed by atoms with Crippen LogP contribution in [0.4, 0.5) is 10.5 Å². The van der Waals surface area contributed by atoms with Crippen LogP contribution in [-0.2, 0) is 6.54 Å². The van der Waals surface area contributed by atoms with Crippen molar-refractivity contribution in [2.75, 3.05) is 32.1 Å². The minimum Gasteiger partial charge on any atom is -0.486 e. The first-order valence-corrected chi connectivity index (χ1v) is 14.8. The van der Waals surface area contributed by atoms with Crippen LogP contribution in [0.15, 0.2) is 36.4 Å². The van der Waals surface area contributed by atoms with Gasteiger partial charge in [-0.2, -0.15) is 0 Å². The molecule has 2 aromatic rings. The smallest absolute Gasteiger partial charge is 0.319 e. The van der Waals surface area contributed by atoms with Gasteiger partial charge in [-0.25, -0.2) is 4.79 Å². The van der Waals surface area contributed by atoms with Gasteiger partial charge in [0, 0.05) is 31.6 Å². The Kier molecular flexibility index (Phi) is 10.6. The van der Waals surface area contributed by atoms with E-state index < -0.39 is 0 Å². The van der Waals surface area contributed by atoms with E-state index in [0.29, 0.717) is 46.7 Å². The second-order valence-electron chi connectivity index (χ2n) is 11.2. The third-order valence-electron chi connectivity index (χ3n) is 7.81. The highest BCUT2D eigenvalue weighted by atomic mass is 35.5. The molecule has 218 valence electrons. The number of amides is 3. The average Bonchev–Trinajstić information content (AvgIpc) is 2.93. The maximum atomic E-state index is 13.7. The fourth-order valence-electron chi connectivity index (χ4n) is 5.47. The van der Waals surface area contributed by atoms with Crippen molar-refractivity contribution in [3.05, 3.63) is 57.6 Å². The number of aliphatic hydroxyl groups is 1. The number of nitrogens with zero attached hydrogens (tertiary/aromatic N) is 2. The van der Waals surface area contributed by atoms with Crippen molar-refractivity contribution in [1.29, 1.82) is 0 Å². The molecule has 4 rings (SSSR count). The third kappa shape index (κ3) is 7.60. The number of fused-ring (bicyclic) bond motifs is 1. The van der Waals surface area contributed by atoms with E-state index in [1.165, 1.54) is 6.42 Å². The molecule has 1 aliphatic heterocycles. The molecule has 1 aliphatic carbocycles. The standard InChI is InChI=1S/C30H40Cl2N4O4/c1-19-15-36(20(2)18-37)29(38)23-10-7-11-26(34-30(39)33-22-8-5-4-6-9-22)28(23)40-27(19)17-35(3)16-21-12-13-24(31)25(32)14-21/h7,10-14,19-20,22,27,37H,4-6,8-9,15-18H2,1-3H3,(H2,33,34,39)/t19-,20-,27-/m1/s1. The zero-order chi connectivity index (χ0) is 28.8. The maximum absolute atomic E-state index is 13.7. The summed E-state index contributed by atoms with van der Waals surface area (Å²) >= 11 is 12.3. The Morgan fingerprint density at radius 2 is 1.93 bits per heavy atom. The Hall–Kier alpha value is -2.52. The topological polar surface area (TPSA) is 94.1 Å². The number of ether oxygens (including phenoxy) is 1. The molecule has 0 bridgehead atoms. The summed E-state index contributed by atoms with van der Waals surface area (Å²) in [5, 5.41) is 17.0. The fourth-order valence-corrected chi connectivity index (χ4v) is 5.79. The lowest BCUT2D eigenvalue weighted by atomic mass is 9.96. The number of likely N-dealkylation sites (N-methyl/N-ethyl adjacent to an activating group) is 1. The van der Waals surface area contributed by atoms with E-state index in [1.54, 1.807) is 29.2 Å². The van der Waals surface area contributed by atoms with Crippen molar-refractivity contribution in [3.8, 4) is 5.75 Å². The van der Waals surface area contributed by atoms with Crippen LogP contribution < -0.4 is 15.4 Å². The third-order valence-corrected chi connectivity index (χ3v) is 8.55. The van der Waals surface area contributed by atoms with E-state index in [0.717, 1.165) is 31.2 Å². The van der Waals surface area contributed by atoms with Crippen LogP contribution in [0.1, 0.15) is 61.9 Å². The molecule has 40 heavy (non-hydrogen) atoms. The van der Waals surface area contributed by atoms with Gasteiger partial charge >= 0.3 is 6.03 Å². The Morgan fingerprint density at radius 3 is 2.62 bits per heavy atom. The van der Waals surface area contributed by atoms with E-state index in [-0.39, 0.29) is 42.7 Å².